The number of nitrogens with zero attached hydrogens (tertiary/aromatic N) is 1. The summed E-state index contributed by atoms with van der Waals surface area (Å²) in [6, 6.07) is 4.65. The van der Waals surface area contributed by atoms with Gasteiger partial charge in [0.05, 0.1) is 5.56 Å². The molecule has 0 spiro atoms. The van der Waals surface area contributed by atoms with E-state index >= 15 is 0 Å². The summed E-state index contributed by atoms with van der Waals surface area (Å²) in [6.45, 7) is 2.26. The molecule has 0 aliphatic carbocycles. The SMILES string of the molecule is Cc1cc(NC(=O)C2CCN(C)C(=O)C2)ccc1C(=O)O. The number of aromatic carboxylic acids is 1. The number of piperidine rings is 1. The third kappa shape index (κ3) is 3.39. The fourth-order valence-corrected chi connectivity index (χ4v) is 2.39. The average molecular weight is 290 g/mol. The molecule has 6 heteroatoms. The van der Waals surface area contributed by atoms with Crippen molar-refractivity contribution in [2.24, 2.45) is 5.92 Å². The van der Waals surface area contributed by atoms with Gasteiger partial charge in [0.25, 0.3) is 0 Å². The summed E-state index contributed by atoms with van der Waals surface area (Å²) in [5.74, 6) is -1.54. The maximum Gasteiger partial charge on any atom is 0.335 e. The van der Waals surface area contributed by atoms with Crippen molar-refractivity contribution in [3.05, 3.63) is 29.3 Å². The minimum absolute atomic E-state index is 0.0289. The lowest BCUT2D eigenvalue weighted by Crippen LogP contribution is -2.39. The van der Waals surface area contributed by atoms with E-state index in [1.807, 2.05) is 0 Å². The fraction of sp³-hybridized carbons (Fsp3) is 0.400. The second-order valence-electron chi connectivity index (χ2n) is 5.33. The minimum atomic E-state index is -0.994. The number of amides is 2. The van der Waals surface area contributed by atoms with Crippen LogP contribution in [0.4, 0.5) is 5.69 Å². The first-order valence-electron chi connectivity index (χ1n) is 6.77. The maximum atomic E-state index is 12.2. The van der Waals surface area contributed by atoms with E-state index in [1.165, 1.54) is 6.07 Å². The molecular weight excluding hydrogens is 272 g/mol. The Morgan fingerprint density at radius 2 is 2.10 bits per heavy atom. The van der Waals surface area contributed by atoms with Gasteiger partial charge in [0.1, 0.15) is 0 Å². The van der Waals surface area contributed by atoms with Crippen LogP contribution in [0, 0.1) is 12.8 Å². The highest BCUT2D eigenvalue weighted by molar-refractivity contribution is 5.96. The number of nitrogens with one attached hydrogen (secondary N) is 1. The van der Waals surface area contributed by atoms with E-state index in [0.29, 0.717) is 24.2 Å². The highest BCUT2D eigenvalue weighted by Gasteiger charge is 2.28. The molecule has 2 rings (SSSR count). The second-order valence-corrected chi connectivity index (χ2v) is 5.33. The maximum absolute atomic E-state index is 12.2. The van der Waals surface area contributed by atoms with Gasteiger partial charge in [0, 0.05) is 31.6 Å². The lowest BCUT2D eigenvalue weighted by Gasteiger charge is -2.27. The van der Waals surface area contributed by atoms with Gasteiger partial charge in [-0.05, 0) is 37.1 Å². The van der Waals surface area contributed by atoms with Crippen LogP contribution in [-0.4, -0.2) is 41.4 Å². The molecule has 0 radical (unpaired) electrons. The molecule has 2 N–H and O–H groups in total. The molecule has 1 unspecified atom stereocenters. The molecular formula is C15H18N2O4. The lowest BCUT2D eigenvalue weighted by atomic mass is 9.95. The van der Waals surface area contributed by atoms with E-state index in [4.69, 9.17) is 5.11 Å². The van der Waals surface area contributed by atoms with E-state index in [-0.39, 0.29) is 29.7 Å². The summed E-state index contributed by atoms with van der Waals surface area (Å²) in [5.41, 5.74) is 1.34. The third-order valence-electron chi connectivity index (χ3n) is 3.75. The lowest BCUT2D eigenvalue weighted by molar-refractivity contribution is -0.137. The molecule has 1 saturated heterocycles. The van der Waals surface area contributed by atoms with Crippen molar-refractivity contribution in [3.8, 4) is 0 Å². The van der Waals surface area contributed by atoms with E-state index in [0.717, 1.165) is 0 Å². The Morgan fingerprint density at radius 1 is 1.38 bits per heavy atom. The summed E-state index contributed by atoms with van der Waals surface area (Å²) < 4.78 is 0. The standard InChI is InChI=1S/C15H18N2O4/c1-9-7-11(3-4-12(9)15(20)21)16-14(19)10-5-6-17(2)13(18)8-10/h3-4,7,10H,5-6,8H2,1-2H3,(H,16,19)(H,20,21). The predicted molar refractivity (Wildman–Crippen MR) is 77.1 cm³/mol. The molecule has 6 nitrogen and oxygen atoms in total. The summed E-state index contributed by atoms with van der Waals surface area (Å²) in [5, 5.41) is 11.7. The first-order chi connectivity index (χ1) is 9.88. The quantitative estimate of drug-likeness (QED) is 0.883. The van der Waals surface area contributed by atoms with Crippen molar-refractivity contribution in [3.63, 3.8) is 0 Å². The van der Waals surface area contributed by atoms with Gasteiger partial charge < -0.3 is 15.3 Å². The Labute approximate surface area is 122 Å². The molecule has 0 saturated carbocycles. The van der Waals surface area contributed by atoms with Gasteiger partial charge in [0.2, 0.25) is 11.8 Å². The first kappa shape index (κ1) is 15.0. The van der Waals surface area contributed by atoms with Crippen molar-refractivity contribution in [2.75, 3.05) is 18.9 Å². The van der Waals surface area contributed by atoms with Crippen LogP contribution in [-0.2, 0) is 9.59 Å². The van der Waals surface area contributed by atoms with E-state index in [2.05, 4.69) is 5.32 Å². The summed E-state index contributed by atoms with van der Waals surface area (Å²) in [6.07, 6.45) is 0.856. The summed E-state index contributed by atoms with van der Waals surface area (Å²) in [4.78, 5) is 36.3. The van der Waals surface area contributed by atoms with E-state index < -0.39 is 5.97 Å². The fourth-order valence-electron chi connectivity index (χ4n) is 2.39. The van der Waals surface area contributed by atoms with Crippen molar-refractivity contribution < 1.29 is 19.5 Å². The predicted octanol–water partition coefficient (Wildman–Crippen LogP) is 1.50. The first-order valence-corrected chi connectivity index (χ1v) is 6.77. The number of likely N-dealkylation sites (tertiary alicyclic amines) is 1. The zero-order chi connectivity index (χ0) is 15.6. The molecule has 2 amide bonds. The number of aryl methyl sites for hydroxylation is 1. The van der Waals surface area contributed by atoms with Crippen LogP contribution in [0.1, 0.15) is 28.8 Å². The molecule has 1 aromatic rings. The molecule has 1 fully saturated rings. The van der Waals surface area contributed by atoms with Crippen molar-refractivity contribution >= 4 is 23.5 Å². The molecule has 1 aromatic carbocycles. The van der Waals surface area contributed by atoms with Gasteiger partial charge in [-0.25, -0.2) is 4.79 Å². The largest absolute Gasteiger partial charge is 0.478 e. The Morgan fingerprint density at radius 3 is 2.67 bits per heavy atom. The zero-order valence-electron chi connectivity index (χ0n) is 12.0. The normalized spacial score (nSPS) is 18.5. The number of benzene rings is 1. The number of carbonyl (C=O) groups excluding carboxylic acids is 2. The van der Waals surface area contributed by atoms with E-state index in [9.17, 15) is 14.4 Å². The number of hydrogen-bond acceptors (Lipinski definition) is 3. The molecule has 1 atom stereocenters. The van der Waals surface area contributed by atoms with Crippen molar-refractivity contribution in [1.29, 1.82) is 0 Å². The van der Waals surface area contributed by atoms with Crippen molar-refractivity contribution in [2.45, 2.75) is 19.8 Å². The van der Waals surface area contributed by atoms with Gasteiger partial charge in [-0.2, -0.15) is 0 Å². The number of carboxylic acid groups (broad SMARTS) is 1. The van der Waals surface area contributed by atoms with Gasteiger partial charge in [-0.3, -0.25) is 9.59 Å². The highest BCUT2D eigenvalue weighted by atomic mass is 16.4. The van der Waals surface area contributed by atoms with Gasteiger partial charge in [-0.1, -0.05) is 0 Å². The molecule has 0 aromatic heterocycles. The number of carboxylic acids is 1. The van der Waals surface area contributed by atoms with Crippen LogP contribution in [0.25, 0.3) is 0 Å². The Bertz CT molecular complexity index is 597. The second kappa shape index (κ2) is 5.95. The number of rotatable bonds is 3. The Balaban J connectivity index is 2.05. The number of carbonyl (C=O) groups is 3. The summed E-state index contributed by atoms with van der Waals surface area (Å²) >= 11 is 0. The zero-order valence-corrected chi connectivity index (χ0v) is 12.0. The minimum Gasteiger partial charge on any atom is -0.478 e. The molecule has 1 heterocycles. The molecule has 1 aliphatic heterocycles. The van der Waals surface area contributed by atoms with Gasteiger partial charge in [0.15, 0.2) is 0 Å². The molecule has 112 valence electrons. The van der Waals surface area contributed by atoms with Crippen molar-refractivity contribution in [1.82, 2.24) is 4.90 Å². The van der Waals surface area contributed by atoms with Crippen LogP contribution in [0.2, 0.25) is 0 Å². The third-order valence-corrected chi connectivity index (χ3v) is 3.75. The van der Waals surface area contributed by atoms with E-state index in [1.54, 1.807) is 31.0 Å². The van der Waals surface area contributed by atoms with Crippen LogP contribution in [0.3, 0.4) is 0 Å². The van der Waals surface area contributed by atoms with Gasteiger partial charge in [-0.15, -0.1) is 0 Å². The Kier molecular flexibility index (Phi) is 4.26. The van der Waals surface area contributed by atoms with Gasteiger partial charge >= 0.3 is 5.97 Å². The highest BCUT2D eigenvalue weighted by Crippen LogP contribution is 2.21. The smallest absolute Gasteiger partial charge is 0.335 e. The summed E-state index contributed by atoms with van der Waals surface area (Å²) in [7, 11) is 1.73. The van der Waals surface area contributed by atoms with Crippen LogP contribution < -0.4 is 5.32 Å². The van der Waals surface area contributed by atoms with Crippen LogP contribution >= 0.6 is 0 Å². The Hall–Kier alpha value is -2.37. The molecule has 1 aliphatic rings. The number of hydrogen-bond donors (Lipinski definition) is 2. The average Bonchev–Trinajstić information content (AvgIpc) is 2.41. The molecule has 21 heavy (non-hydrogen) atoms. The molecule has 0 bridgehead atoms. The monoisotopic (exact) mass is 290 g/mol. The number of anilines is 1. The van der Waals surface area contributed by atoms with Crippen LogP contribution in [0.5, 0.6) is 0 Å². The topological polar surface area (TPSA) is 86.7 Å². The van der Waals surface area contributed by atoms with Crippen LogP contribution in [0.15, 0.2) is 18.2 Å².